The molecule has 1 N–H and O–H groups in total. The normalized spacial score (nSPS) is 11.2. The van der Waals surface area contributed by atoms with Crippen LogP contribution in [0.25, 0.3) is 21.5 Å². The second kappa shape index (κ2) is 7.35. The van der Waals surface area contributed by atoms with Crippen LogP contribution in [0.3, 0.4) is 0 Å². The Morgan fingerprint density at radius 3 is 2.00 bits per heavy atom. The third-order valence-electron chi connectivity index (χ3n) is 4.58. The molecule has 0 aliphatic rings. The maximum Gasteiger partial charge on any atom is 0.301 e. The Hall–Kier alpha value is -4.33. The van der Waals surface area contributed by atoms with Gasteiger partial charge >= 0.3 is 5.69 Å². The van der Waals surface area contributed by atoms with Gasteiger partial charge in [-0.15, -0.1) is 0 Å². The molecule has 0 amide bonds. The molecular formula is C21H14N4O4. The van der Waals surface area contributed by atoms with E-state index in [4.69, 9.17) is 0 Å². The lowest BCUT2D eigenvalue weighted by atomic mass is 9.97. The van der Waals surface area contributed by atoms with E-state index in [9.17, 15) is 20.2 Å². The molecule has 0 fully saturated rings. The predicted octanol–water partition coefficient (Wildman–Crippen LogP) is 5.26. The lowest BCUT2D eigenvalue weighted by Crippen LogP contribution is -1.99. The van der Waals surface area contributed by atoms with Gasteiger partial charge in [0.05, 0.1) is 22.1 Å². The number of non-ortho nitro benzene ring substituents is 1. The number of fused-ring (bicyclic) bond motifs is 2. The molecule has 4 rings (SSSR count). The molecule has 8 heteroatoms. The highest BCUT2D eigenvalue weighted by Gasteiger charge is 2.19. The van der Waals surface area contributed by atoms with Crippen LogP contribution in [-0.2, 0) is 0 Å². The topological polar surface area (TPSA) is 111 Å². The van der Waals surface area contributed by atoms with E-state index in [0.717, 1.165) is 33.2 Å². The minimum atomic E-state index is -0.682. The van der Waals surface area contributed by atoms with E-state index >= 15 is 0 Å². The molecule has 0 aliphatic heterocycles. The van der Waals surface area contributed by atoms with Crippen molar-refractivity contribution in [2.24, 2.45) is 5.10 Å². The van der Waals surface area contributed by atoms with Crippen molar-refractivity contribution in [2.75, 3.05) is 5.43 Å². The molecule has 0 saturated carbocycles. The fraction of sp³-hybridized carbons (Fsp3) is 0. The number of anilines is 1. The second-order valence-electron chi connectivity index (χ2n) is 6.32. The van der Waals surface area contributed by atoms with Gasteiger partial charge in [0.15, 0.2) is 0 Å². The van der Waals surface area contributed by atoms with Crippen LogP contribution in [0.1, 0.15) is 5.56 Å². The summed E-state index contributed by atoms with van der Waals surface area (Å²) in [5.74, 6) is 0. The van der Waals surface area contributed by atoms with Crippen molar-refractivity contribution in [3.63, 3.8) is 0 Å². The van der Waals surface area contributed by atoms with Crippen LogP contribution in [0.15, 0.2) is 77.9 Å². The van der Waals surface area contributed by atoms with Crippen molar-refractivity contribution < 1.29 is 9.85 Å². The van der Waals surface area contributed by atoms with Gasteiger partial charge in [-0.1, -0.05) is 48.5 Å². The maximum absolute atomic E-state index is 11.3. The zero-order chi connectivity index (χ0) is 20.4. The molecule has 0 bridgehead atoms. The molecule has 0 aromatic heterocycles. The number of nitrogens with one attached hydrogen (secondary N) is 1. The minimum absolute atomic E-state index is 0.0707. The summed E-state index contributed by atoms with van der Waals surface area (Å²) >= 11 is 0. The van der Waals surface area contributed by atoms with Gasteiger partial charge in [0.2, 0.25) is 0 Å². The van der Waals surface area contributed by atoms with E-state index in [0.29, 0.717) is 0 Å². The lowest BCUT2D eigenvalue weighted by Gasteiger charge is -2.08. The van der Waals surface area contributed by atoms with Crippen LogP contribution in [0.4, 0.5) is 17.1 Å². The van der Waals surface area contributed by atoms with Crippen LogP contribution >= 0.6 is 0 Å². The van der Waals surface area contributed by atoms with Gasteiger partial charge in [0.1, 0.15) is 5.69 Å². The standard InChI is InChI=1S/C21H14N4O4/c26-24(27)16-9-10-20(21(12-16)25(28)29)23-22-13-19-17-7-3-1-5-14(17)11-15-6-2-4-8-18(15)19/h1-13,23H/b22-13-. The Morgan fingerprint density at radius 2 is 1.41 bits per heavy atom. The SMILES string of the molecule is O=[N+]([O-])c1ccc(N/N=C\c2c3ccccc3cc3ccccc23)c([N+](=O)[O-])c1. The highest BCUT2D eigenvalue weighted by Crippen LogP contribution is 2.30. The van der Waals surface area contributed by atoms with Gasteiger partial charge in [0.25, 0.3) is 5.69 Å². The molecule has 0 unspecified atom stereocenters. The smallest absolute Gasteiger partial charge is 0.272 e. The van der Waals surface area contributed by atoms with Gasteiger partial charge in [0, 0.05) is 11.6 Å². The third kappa shape index (κ3) is 3.46. The van der Waals surface area contributed by atoms with Crippen molar-refractivity contribution in [3.8, 4) is 0 Å². The summed E-state index contributed by atoms with van der Waals surface area (Å²) in [4.78, 5) is 20.8. The first-order valence-corrected chi connectivity index (χ1v) is 8.67. The molecule has 0 saturated heterocycles. The summed E-state index contributed by atoms with van der Waals surface area (Å²) in [6.07, 6.45) is 1.61. The summed E-state index contributed by atoms with van der Waals surface area (Å²) in [6.45, 7) is 0. The van der Waals surface area contributed by atoms with Crippen molar-refractivity contribution in [1.82, 2.24) is 0 Å². The number of nitrogens with zero attached hydrogens (tertiary/aromatic N) is 3. The predicted molar refractivity (Wildman–Crippen MR) is 112 cm³/mol. The quantitative estimate of drug-likeness (QED) is 0.218. The van der Waals surface area contributed by atoms with E-state index in [2.05, 4.69) is 16.6 Å². The third-order valence-corrected chi connectivity index (χ3v) is 4.58. The Bertz CT molecular complexity index is 1250. The van der Waals surface area contributed by atoms with Gasteiger partial charge in [-0.25, -0.2) is 0 Å². The number of hydrazone groups is 1. The number of nitro benzene ring substituents is 2. The molecule has 29 heavy (non-hydrogen) atoms. The van der Waals surface area contributed by atoms with E-state index in [-0.39, 0.29) is 11.4 Å². The van der Waals surface area contributed by atoms with Crippen molar-refractivity contribution in [2.45, 2.75) is 0 Å². The molecule has 4 aromatic carbocycles. The highest BCUT2D eigenvalue weighted by molar-refractivity contribution is 6.13. The van der Waals surface area contributed by atoms with Gasteiger partial charge < -0.3 is 0 Å². The number of benzene rings is 4. The molecule has 0 spiro atoms. The first-order chi connectivity index (χ1) is 14.0. The van der Waals surface area contributed by atoms with E-state index in [1.807, 2.05) is 48.5 Å². The fourth-order valence-electron chi connectivity index (χ4n) is 3.23. The van der Waals surface area contributed by atoms with Gasteiger partial charge in [-0.05, 0) is 33.7 Å². The minimum Gasteiger partial charge on any atom is -0.272 e. The van der Waals surface area contributed by atoms with Gasteiger partial charge in [-0.3, -0.25) is 25.7 Å². The molecule has 0 radical (unpaired) electrons. The molecule has 0 aliphatic carbocycles. The largest absolute Gasteiger partial charge is 0.301 e. The maximum atomic E-state index is 11.3. The zero-order valence-corrected chi connectivity index (χ0v) is 15.0. The van der Waals surface area contributed by atoms with E-state index in [1.54, 1.807) is 6.21 Å². The number of nitro groups is 2. The Labute approximate surface area is 164 Å². The average molecular weight is 386 g/mol. The molecule has 0 atom stereocenters. The second-order valence-corrected chi connectivity index (χ2v) is 6.32. The average Bonchev–Trinajstić information content (AvgIpc) is 2.73. The highest BCUT2D eigenvalue weighted by atomic mass is 16.6. The Kier molecular flexibility index (Phi) is 4.58. The summed E-state index contributed by atoms with van der Waals surface area (Å²) < 4.78 is 0. The van der Waals surface area contributed by atoms with Crippen LogP contribution < -0.4 is 5.43 Å². The molecular weight excluding hydrogens is 372 g/mol. The summed E-state index contributed by atoms with van der Waals surface area (Å²) in [5, 5.41) is 30.4. The van der Waals surface area contributed by atoms with Crippen LogP contribution in [0.5, 0.6) is 0 Å². The van der Waals surface area contributed by atoms with Crippen LogP contribution in [0.2, 0.25) is 0 Å². The molecule has 8 nitrogen and oxygen atoms in total. The van der Waals surface area contributed by atoms with Crippen molar-refractivity contribution >= 4 is 44.8 Å². The number of hydrogen-bond donors (Lipinski definition) is 1. The molecule has 142 valence electrons. The van der Waals surface area contributed by atoms with Crippen molar-refractivity contribution in [3.05, 3.63) is 98.6 Å². The van der Waals surface area contributed by atoms with E-state index in [1.165, 1.54) is 12.1 Å². The first kappa shape index (κ1) is 18.1. The summed E-state index contributed by atoms with van der Waals surface area (Å²) in [6, 6.07) is 21.2. The van der Waals surface area contributed by atoms with Crippen LogP contribution in [-0.4, -0.2) is 16.1 Å². The fourth-order valence-corrected chi connectivity index (χ4v) is 3.23. The Morgan fingerprint density at radius 1 is 0.793 bits per heavy atom. The summed E-state index contributed by atoms with van der Waals surface area (Å²) in [5.41, 5.74) is 2.81. The monoisotopic (exact) mass is 386 g/mol. The van der Waals surface area contributed by atoms with Crippen LogP contribution in [0, 0.1) is 20.2 Å². The molecule has 4 aromatic rings. The van der Waals surface area contributed by atoms with Crippen molar-refractivity contribution in [1.29, 1.82) is 0 Å². The van der Waals surface area contributed by atoms with Gasteiger partial charge in [-0.2, -0.15) is 5.10 Å². The summed E-state index contributed by atoms with van der Waals surface area (Å²) in [7, 11) is 0. The first-order valence-electron chi connectivity index (χ1n) is 8.67. The van der Waals surface area contributed by atoms with E-state index < -0.39 is 15.5 Å². The number of rotatable bonds is 5. The Balaban J connectivity index is 1.76. The molecule has 0 heterocycles. The zero-order valence-electron chi connectivity index (χ0n) is 15.0. The number of hydrogen-bond acceptors (Lipinski definition) is 6. The lowest BCUT2D eigenvalue weighted by molar-refractivity contribution is -0.393.